The Labute approximate surface area is 133 Å². The van der Waals surface area contributed by atoms with Gasteiger partial charge in [-0.2, -0.15) is 0 Å². The zero-order valence-corrected chi connectivity index (χ0v) is 13.7. The summed E-state index contributed by atoms with van der Waals surface area (Å²) in [5.41, 5.74) is 0.223. The van der Waals surface area contributed by atoms with Crippen molar-refractivity contribution >= 4 is 27.8 Å². The zero-order valence-electron chi connectivity index (χ0n) is 12.1. The Hall–Kier alpha value is -1.36. The van der Waals surface area contributed by atoms with Gasteiger partial charge in [0.25, 0.3) is 5.91 Å². The van der Waals surface area contributed by atoms with Crippen molar-refractivity contribution in [2.75, 3.05) is 0 Å². The maximum absolute atomic E-state index is 12.5. The standard InChI is InChI=1S/C16H20BrNO3/c1-11-12(7-6-8-13(11)17)14(19)18-16(15(20)21)9-4-2-3-5-10-16/h6-8H,2-5,9-10H2,1H3,(H,18,19)(H,20,21). The lowest BCUT2D eigenvalue weighted by molar-refractivity contribution is -0.145. The summed E-state index contributed by atoms with van der Waals surface area (Å²) in [6.45, 7) is 1.85. The normalized spacial score (nSPS) is 17.8. The average molecular weight is 354 g/mol. The van der Waals surface area contributed by atoms with Crippen LogP contribution in [0.5, 0.6) is 0 Å². The molecule has 1 amide bonds. The van der Waals surface area contributed by atoms with E-state index >= 15 is 0 Å². The summed E-state index contributed by atoms with van der Waals surface area (Å²) in [5, 5.41) is 12.4. The van der Waals surface area contributed by atoms with Gasteiger partial charge in [-0.25, -0.2) is 4.79 Å². The van der Waals surface area contributed by atoms with Crippen molar-refractivity contribution in [3.05, 3.63) is 33.8 Å². The van der Waals surface area contributed by atoms with Crippen molar-refractivity contribution < 1.29 is 14.7 Å². The number of halogens is 1. The summed E-state index contributed by atoms with van der Waals surface area (Å²) in [7, 11) is 0. The fourth-order valence-corrected chi connectivity index (χ4v) is 3.23. The summed E-state index contributed by atoms with van der Waals surface area (Å²) in [6.07, 6.45) is 4.73. The molecule has 0 heterocycles. The van der Waals surface area contributed by atoms with Gasteiger partial charge in [0.15, 0.2) is 0 Å². The molecule has 114 valence electrons. The van der Waals surface area contributed by atoms with Crippen molar-refractivity contribution in [3.63, 3.8) is 0 Å². The van der Waals surface area contributed by atoms with Gasteiger partial charge in [-0.05, 0) is 37.5 Å². The predicted octanol–water partition coefficient (Wildman–Crippen LogP) is 3.66. The molecule has 1 fully saturated rings. The number of carboxylic acids is 1. The summed E-state index contributed by atoms with van der Waals surface area (Å²) in [5.74, 6) is -1.23. The average Bonchev–Trinajstić information content (AvgIpc) is 2.68. The molecule has 0 saturated heterocycles. The monoisotopic (exact) mass is 353 g/mol. The molecule has 1 aliphatic carbocycles. The molecule has 5 heteroatoms. The lowest BCUT2D eigenvalue weighted by atomic mass is 9.89. The minimum Gasteiger partial charge on any atom is -0.480 e. The third kappa shape index (κ3) is 3.46. The van der Waals surface area contributed by atoms with Crippen LogP contribution in [0.15, 0.2) is 22.7 Å². The van der Waals surface area contributed by atoms with Gasteiger partial charge in [0.1, 0.15) is 5.54 Å². The number of nitrogens with one attached hydrogen (secondary N) is 1. The summed E-state index contributed by atoms with van der Waals surface area (Å²) in [4.78, 5) is 24.2. The van der Waals surface area contributed by atoms with Gasteiger partial charge in [-0.15, -0.1) is 0 Å². The van der Waals surface area contributed by atoms with Crippen LogP contribution in [0.25, 0.3) is 0 Å². The molecule has 0 spiro atoms. The highest BCUT2D eigenvalue weighted by Gasteiger charge is 2.40. The van der Waals surface area contributed by atoms with Gasteiger partial charge < -0.3 is 10.4 Å². The molecule has 1 aromatic rings. The third-order valence-electron chi connectivity index (χ3n) is 4.23. The molecule has 4 nitrogen and oxygen atoms in total. The van der Waals surface area contributed by atoms with Gasteiger partial charge in [0.2, 0.25) is 0 Å². The molecule has 0 aliphatic heterocycles. The highest BCUT2D eigenvalue weighted by molar-refractivity contribution is 9.10. The Morgan fingerprint density at radius 1 is 1.19 bits per heavy atom. The summed E-state index contributed by atoms with van der Waals surface area (Å²) in [6, 6.07) is 5.37. The lowest BCUT2D eigenvalue weighted by Crippen LogP contribution is -2.54. The second-order valence-electron chi connectivity index (χ2n) is 5.67. The van der Waals surface area contributed by atoms with Crippen molar-refractivity contribution in [1.29, 1.82) is 0 Å². The Kier molecular flexibility index (Phi) is 5.04. The van der Waals surface area contributed by atoms with Crippen LogP contribution in [0.2, 0.25) is 0 Å². The number of benzene rings is 1. The Morgan fingerprint density at radius 2 is 1.81 bits per heavy atom. The van der Waals surface area contributed by atoms with Gasteiger partial charge >= 0.3 is 5.97 Å². The lowest BCUT2D eigenvalue weighted by Gasteiger charge is -2.29. The minimum atomic E-state index is -1.12. The molecule has 1 aromatic carbocycles. The Morgan fingerprint density at radius 3 is 2.38 bits per heavy atom. The quantitative estimate of drug-likeness (QED) is 0.814. The van der Waals surface area contributed by atoms with E-state index in [9.17, 15) is 14.7 Å². The van der Waals surface area contributed by atoms with Gasteiger partial charge in [-0.1, -0.05) is 47.7 Å². The highest BCUT2D eigenvalue weighted by Crippen LogP contribution is 2.28. The van der Waals surface area contributed by atoms with Crippen LogP contribution in [0.4, 0.5) is 0 Å². The van der Waals surface area contributed by atoms with Gasteiger partial charge in [0, 0.05) is 10.0 Å². The molecule has 0 unspecified atom stereocenters. The van der Waals surface area contributed by atoms with Crippen molar-refractivity contribution in [1.82, 2.24) is 5.32 Å². The molecule has 0 radical (unpaired) electrons. The molecule has 1 aliphatic rings. The first-order chi connectivity index (χ1) is 9.96. The second kappa shape index (κ2) is 6.60. The predicted molar refractivity (Wildman–Crippen MR) is 84.4 cm³/mol. The van der Waals surface area contributed by atoms with Crippen LogP contribution in [-0.2, 0) is 4.79 Å². The van der Waals surface area contributed by atoms with Crippen LogP contribution in [0.3, 0.4) is 0 Å². The van der Waals surface area contributed by atoms with Crippen LogP contribution >= 0.6 is 15.9 Å². The third-order valence-corrected chi connectivity index (χ3v) is 5.09. The molecule has 0 atom stereocenters. The van der Waals surface area contributed by atoms with Gasteiger partial charge in [0.05, 0.1) is 0 Å². The van der Waals surface area contributed by atoms with E-state index in [0.29, 0.717) is 18.4 Å². The molecule has 2 N–H and O–H groups in total. The number of carbonyl (C=O) groups excluding carboxylic acids is 1. The molecule has 0 aromatic heterocycles. The SMILES string of the molecule is Cc1c(Br)cccc1C(=O)NC1(C(=O)O)CCCCCC1. The summed E-state index contributed by atoms with van der Waals surface area (Å²) < 4.78 is 0.848. The fraction of sp³-hybridized carbons (Fsp3) is 0.500. The first-order valence-electron chi connectivity index (χ1n) is 7.27. The molecule has 0 bridgehead atoms. The second-order valence-corrected chi connectivity index (χ2v) is 6.52. The van der Waals surface area contributed by atoms with Crippen LogP contribution in [0, 0.1) is 6.92 Å². The number of aliphatic carboxylic acids is 1. The van der Waals surface area contributed by atoms with E-state index in [-0.39, 0.29) is 5.91 Å². The van der Waals surface area contributed by atoms with E-state index < -0.39 is 11.5 Å². The smallest absolute Gasteiger partial charge is 0.329 e. The minimum absolute atomic E-state index is 0.307. The number of amides is 1. The molecule has 2 rings (SSSR count). The maximum Gasteiger partial charge on any atom is 0.329 e. The maximum atomic E-state index is 12.5. The largest absolute Gasteiger partial charge is 0.480 e. The Balaban J connectivity index is 2.26. The van der Waals surface area contributed by atoms with E-state index in [1.807, 2.05) is 13.0 Å². The first kappa shape index (κ1) is 16.0. The number of carboxylic acid groups (broad SMARTS) is 1. The van der Waals surface area contributed by atoms with Crippen molar-refractivity contribution in [3.8, 4) is 0 Å². The molecule has 21 heavy (non-hydrogen) atoms. The van der Waals surface area contributed by atoms with E-state index in [2.05, 4.69) is 21.2 Å². The van der Waals surface area contributed by atoms with E-state index in [0.717, 1.165) is 35.7 Å². The zero-order chi connectivity index (χ0) is 15.5. The number of rotatable bonds is 3. The molecule has 1 saturated carbocycles. The highest BCUT2D eigenvalue weighted by atomic mass is 79.9. The van der Waals surface area contributed by atoms with Gasteiger partial charge in [-0.3, -0.25) is 4.79 Å². The number of hydrogen-bond donors (Lipinski definition) is 2. The topological polar surface area (TPSA) is 66.4 Å². The fourth-order valence-electron chi connectivity index (χ4n) is 2.86. The van der Waals surface area contributed by atoms with Crippen LogP contribution < -0.4 is 5.32 Å². The number of carbonyl (C=O) groups is 2. The van der Waals surface area contributed by atoms with Crippen molar-refractivity contribution in [2.45, 2.75) is 51.0 Å². The first-order valence-corrected chi connectivity index (χ1v) is 8.06. The number of hydrogen-bond acceptors (Lipinski definition) is 2. The van der Waals surface area contributed by atoms with Crippen LogP contribution in [-0.4, -0.2) is 22.5 Å². The molecular weight excluding hydrogens is 334 g/mol. The molecular formula is C16H20BrNO3. The van der Waals surface area contributed by atoms with E-state index in [4.69, 9.17) is 0 Å². The van der Waals surface area contributed by atoms with Crippen molar-refractivity contribution in [2.24, 2.45) is 0 Å². The van der Waals surface area contributed by atoms with E-state index in [1.54, 1.807) is 12.1 Å². The van der Waals surface area contributed by atoms with Crippen LogP contribution in [0.1, 0.15) is 54.4 Å². The summed E-state index contributed by atoms with van der Waals surface area (Å²) >= 11 is 3.40. The van der Waals surface area contributed by atoms with E-state index in [1.165, 1.54) is 0 Å². The Bertz CT molecular complexity index is 548.